The van der Waals surface area contributed by atoms with E-state index in [2.05, 4.69) is 34.5 Å². The predicted octanol–water partition coefficient (Wildman–Crippen LogP) is 4.11. The molecule has 1 N–H and O–H groups in total. The highest BCUT2D eigenvalue weighted by Gasteiger charge is 2.53. The summed E-state index contributed by atoms with van der Waals surface area (Å²) in [7, 11) is 0. The number of likely N-dealkylation sites (tertiary alicyclic amines) is 1. The molecular formula is C28H34FN3O3. The Morgan fingerprint density at radius 1 is 1.00 bits per heavy atom. The van der Waals surface area contributed by atoms with E-state index in [0.29, 0.717) is 12.8 Å². The van der Waals surface area contributed by atoms with Gasteiger partial charge in [0.25, 0.3) is 5.91 Å². The zero-order valence-corrected chi connectivity index (χ0v) is 20.1. The van der Waals surface area contributed by atoms with Crippen LogP contribution in [0.5, 0.6) is 0 Å². The van der Waals surface area contributed by atoms with E-state index >= 15 is 0 Å². The molecule has 1 aliphatic carbocycles. The summed E-state index contributed by atoms with van der Waals surface area (Å²) in [5, 5.41) is 3.20. The Kier molecular flexibility index (Phi) is 7.16. The largest absolute Gasteiger partial charge is 0.353 e. The Labute approximate surface area is 206 Å². The number of rotatable bonds is 5. The third-order valence-corrected chi connectivity index (χ3v) is 7.67. The number of benzene rings is 2. The molecule has 0 bridgehead atoms. The van der Waals surface area contributed by atoms with E-state index in [0.717, 1.165) is 51.7 Å². The molecule has 2 amide bonds. The van der Waals surface area contributed by atoms with Crippen molar-refractivity contribution in [2.45, 2.75) is 69.3 Å². The third-order valence-electron chi connectivity index (χ3n) is 7.67. The molecule has 1 saturated carbocycles. The smallest absolute Gasteiger partial charge is 0.256 e. The van der Waals surface area contributed by atoms with Crippen molar-refractivity contribution >= 4 is 11.8 Å². The second kappa shape index (κ2) is 10.5. The number of hydrogen-bond acceptors (Lipinski definition) is 4. The average Bonchev–Trinajstić information content (AvgIpc) is 3.24. The molecule has 6 nitrogen and oxygen atoms in total. The van der Waals surface area contributed by atoms with E-state index in [4.69, 9.17) is 4.74 Å². The van der Waals surface area contributed by atoms with Crippen LogP contribution in [-0.4, -0.2) is 59.1 Å². The van der Waals surface area contributed by atoms with E-state index in [1.165, 1.54) is 23.8 Å². The summed E-state index contributed by atoms with van der Waals surface area (Å²) in [5.74, 6) is -0.961. The summed E-state index contributed by atoms with van der Waals surface area (Å²) >= 11 is 0. The number of nitrogens with one attached hydrogen (secondary N) is 1. The fraction of sp³-hybridized carbons (Fsp3) is 0.500. The van der Waals surface area contributed by atoms with Gasteiger partial charge in [-0.2, -0.15) is 0 Å². The monoisotopic (exact) mass is 479 g/mol. The lowest BCUT2D eigenvalue weighted by molar-refractivity contribution is -0.128. The van der Waals surface area contributed by atoms with Crippen LogP contribution in [0.25, 0.3) is 0 Å². The van der Waals surface area contributed by atoms with Crippen LogP contribution >= 0.6 is 0 Å². The molecule has 5 rings (SSSR count). The first-order valence-corrected chi connectivity index (χ1v) is 12.8. The maximum Gasteiger partial charge on any atom is 0.256 e. The topological polar surface area (TPSA) is 61.9 Å². The van der Waals surface area contributed by atoms with Crippen LogP contribution in [0, 0.1) is 5.82 Å². The molecule has 1 atom stereocenters. The summed E-state index contributed by atoms with van der Waals surface area (Å²) in [4.78, 5) is 31.1. The number of piperidine rings is 1. The predicted molar refractivity (Wildman–Crippen MR) is 131 cm³/mol. The van der Waals surface area contributed by atoms with Crippen molar-refractivity contribution in [3.05, 3.63) is 71.5 Å². The van der Waals surface area contributed by atoms with Gasteiger partial charge in [0.15, 0.2) is 0 Å². The number of hydrogen-bond donors (Lipinski definition) is 1. The van der Waals surface area contributed by atoms with Gasteiger partial charge in [-0.05, 0) is 62.3 Å². The van der Waals surface area contributed by atoms with Gasteiger partial charge in [0, 0.05) is 31.2 Å². The summed E-state index contributed by atoms with van der Waals surface area (Å²) in [6.07, 6.45) is 6.13. The molecule has 0 aromatic heterocycles. The van der Waals surface area contributed by atoms with E-state index in [9.17, 15) is 14.0 Å². The fourth-order valence-corrected chi connectivity index (χ4v) is 5.81. The van der Waals surface area contributed by atoms with E-state index in [1.54, 1.807) is 11.0 Å². The van der Waals surface area contributed by atoms with Crippen molar-refractivity contribution < 1.29 is 18.7 Å². The molecule has 0 unspecified atom stereocenters. The lowest BCUT2D eigenvalue weighted by Gasteiger charge is -2.41. The maximum absolute atomic E-state index is 13.9. The summed E-state index contributed by atoms with van der Waals surface area (Å²) in [6.45, 7) is 2.92. The third kappa shape index (κ3) is 5.26. The molecule has 2 aromatic rings. The molecule has 0 radical (unpaired) electrons. The number of nitrogens with zero attached hydrogens (tertiary/aromatic N) is 2. The van der Waals surface area contributed by atoms with Crippen LogP contribution in [0.4, 0.5) is 4.39 Å². The summed E-state index contributed by atoms with van der Waals surface area (Å²) in [5.41, 5.74) is 0.776. The molecule has 2 heterocycles. The zero-order valence-electron chi connectivity index (χ0n) is 20.1. The number of carbonyl (C=O) groups is 2. The first kappa shape index (κ1) is 23.9. The van der Waals surface area contributed by atoms with Gasteiger partial charge in [0.2, 0.25) is 5.91 Å². The maximum atomic E-state index is 13.9. The Hall–Kier alpha value is -2.77. The van der Waals surface area contributed by atoms with Crippen LogP contribution in [0.2, 0.25) is 0 Å². The minimum absolute atomic E-state index is 0.0727. The average molecular weight is 480 g/mol. The molecule has 2 aromatic carbocycles. The molecule has 1 spiro atoms. The lowest BCUT2D eigenvalue weighted by atomic mass is 9.89. The van der Waals surface area contributed by atoms with Crippen LogP contribution in [0.1, 0.15) is 60.9 Å². The van der Waals surface area contributed by atoms with Gasteiger partial charge in [0.05, 0.1) is 6.61 Å². The molecular weight excluding hydrogens is 445 g/mol. The number of ether oxygens (including phenoxy) is 1. The zero-order chi connectivity index (χ0) is 24.3. The standard InChI is InChI=1S/C28H34FN3O3/c29-23-11-7-10-22(18-23)27(34)32-25(20-35-28(32)14-5-2-6-15-28)26(33)30-24-12-16-31(17-13-24)19-21-8-3-1-4-9-21/h1,3-4,7-11,18,24-25H,2,5-6,12-17,19-20H2,(H,30,33)/t25-/m1/s1. The molecule has 7 heteroatoms. The van der Waals surface area contributed by atoms with Crippen molar-refractivity contribution in [2.75, 3.05) is 19.7 Å². The highest BCUT2D eigenvalue weighted by atomic mass is 19.1. The Morgan fingerprint density at radius 2 is 1.74 bits per heavy atom. The fourth-order valence-electron chi connectivity index (χ4n) is 5.81. The van der Waals surface area contributed by atoms with Crippen molar-refractivity contribution in [3.8, 4) is 0 Å². The SMILES string of the molecule is O=C(NC1CCN(Cc2ccccc2)CC1)[C@H]1COC2(CCCCC2)N1C(=O)c1cccc(F)c1. The van der Waals surface area contributed by atoms with Crippen molar-refractivity contribution in [2.24, 2.45) is 0 Å². The number of amides is 2. The minimum Gasteiger partial charge on any atom is -0.353 e. The molecule has 2 aliphatic heterocycles. The van der Waals surface area contributed by atoms with Gasteiger partial charge < -0.3 is 10.1 Å². The Morgan fingerprint density at radius 3 is 2.46 bits per heavy atom. The van der Waals surface area contributed by atoms with Crippen LogP contribution in [-0.2, 0) is 16.1 Å². The molecule has 3 aliphatic rings. The number of carbonyl (C=O) groups excluding carboxylic acids is 2. The highest BCUT2D eigenvalue weighted by Crippen LogP contribution is 2.41. The van der Waals surface area contributed by atoms with E-state index < -0.39 is 17.6 Å². The molecule has 3 fully saturated rings. The first-order valence-electron chi connectivity index (χ1n) is 12.8. The van der Waals surface area contributed by atoms with Crippen molar-refractivity contribution in [1.29, 1.82) is 0 Å². The van der Waals surface area contributed by atoms with Crippen LogP contribution < -0.4 is 5.32 Å². The Bertz CT molecular complexity index is 1030. The quantitative estimate of drug-likeness (QED) is 0.701. The van der Waals surface area contributed by atoms with Gasteiger partial charge in [-0.25, -0.2) is 4.39 Å². The van der Waals surface area contributed by atoms with Crippen molar-refractivity contribution in [1.82, 2.24) is 15.1 Å². The molecule has 2 saturated heterocycles. The van der Waals surface area contributed by atoms with Crippen LogP contribution in [0.3, 0.4) is 0 Å². The second-order valence-corrected chi connectivity index (χ2v) is 10.1. The van der Waals surface area contributed by atoms with Gasteiger partial charge >= 0.3 is 0 Å². The molecule has 35 heavy (non-hydrogen) atoms. The highest BCUT2D eigenvalue weighted by molar-refractivity contribution is 5.98. The Balaban J connectivity index is 1.25. The number of halogens is 1. The minimum atomic E-state index is -0.775. The van der Waals surface area contributed by atoms with E-state index in [1.807, 2.05) is 6.07 Å². The van der Waals surface area contributed by atoms with Gasteiger partial charge in [-0.15, -0.1) is 0 Å². The normalized spacial score (nSPS) is 22.9. The summed E-state index contributed by atoms with van der Waals surface area (Å²) in [6, 6.07) is 15.5. The van der Waals surface area contributed by atoms with Crippen LogP contribution in [0.15, 0.2) is 54.6 Å². The first-order chi connectivity index (χ1) is 17.0. The van der Waals surface area contributed by atoms with Crippen molar-refractivity contribution in [3.63, 3.8) is 0 Å². The summed E-state index contributed by atoms with van der Waals surface area (Å²) < 4.78 is 20.1. The van der Waals surface area contributed by atoms with Gasteiger partial charge in [-0.3, -0.25) is 19.4 Å². The second-order valence-electron chi connectivity index (χ2n) is 10.1. The van der Waals surface area contributed by atoms with Gasteiger partial charge in [-0.1, -0.05) is 42.8 Å². The van der Waals surface area contributed by atoms with E-state index in [-0.39, 0.29) is 30.0 Å². The van der Waals surface area contributed by atoms with Gasteiger partial charge in [0.1, 0.15) is 17.6 Å². The molecule has 186 valence electrons. The lowest BCUT2D eigenvalue weighted by Crippen LogP contribution is -2.58.